The molecule has 0 amide bonds. The number of nitrogens with one attached hydrogen (secondary N) is 2. The fourth-order valence-electron chi connectivity index (χ4n) is 1.12. The average molecular weight is 248 g/mol. The Labute approximate surface area is 94.5 Å². The summed E-state index contributed by atoms with van der Waals surface area (Å²) in [5.41, 5.74) is 0.261. The number of aromatic amines is 1. The van der Waals surface area contributed by atoms with E-state index in [-0.39, 0.29) is 17.2 Å². The van der Waals surface area contributed by atoms with Crippen LogP contribution in [0.1, 0.15) is 5.56 Å². The molecular formula is C8H16N4O3S. The van der Waals surface area contributed by atoms with Crippen LogP contribution in [0, 0.1) is 0 Å². The molecule has 0 radical (unpaired) electrons. The molecule has 1 rings (SSSR count). The first-order chi connectivity index (χ1) is 7.47. The van der Waals surface area contributed by atoms with Crippen LogP contribution in [0.25, 0.3) is 0 Å². The third kappa shape index (κ3) is 3.27. The molecule has 7 nitrogen and oxygen atoms in total. The van der Waals surface area contributed by atoms with Gasteiger partial charge in [-0.1, -0.05) is 0 Å². The molecule has 0 saturated heterocycles. The Morgan fingerprint density at radius 3 is 2.81 bits per heavy atom. The number of aromatic nitrogens is 2. The lowest BCUT2D eigenvalue weighted by atomic mass is 10.4. The summed E-state index contributed by atoms with van der Waals surface area (Å²) < 4.78 is 25.9. The lowest BCUT2D eigenvalue weighted by Gasteiger charge is -2.10. The van der Waals surface area contributed by atoms with E-state index in [2.05, 4.69) is 14.9 Å². The van der Waals surface area contributed by atoms with Crippen molar-refractivity contribution in [2.24, 2.45) is 0 Å². The Kier molecular flexibility index (Phi) is 4.42. The summed E-state index contributed by atoms with van der Waals surface area (Å²) in [5.74, 6) is 0. The van der Waals surface area contributed by atoms with Crippen molar-refractivity contribution in [1.29, 1.82) is 0 Å². The van der Waals surface area contributed by atoms with Gasteiger partial charge in [-0.15, -0.1) is 0 Å². The highest BCUT2D eigenvalue weighted by molar-refractivity contribution is 7.89. The average Bonchev–Trinajstić information content (AvgIpc) is 2.64. The zero-order valence-corrected chi connectivity index (χ0v) is 10.1. The Hall–Kier alpha value is -0.960. The van der Waals surface area contributed by atoms with Crippen molar-refractivity contribution in [3.63, 3.8) is 0 Å². The first-order valence-corrected chi connectivity index (χ1v) is 6.23. The maximum Gasteiger partial charge on any atom is 0.257 e. The van der Waals surface area contributed by atoms with Crippen molar-refractivity contribution < 1.29 is 13.5 Å². The van der Waals surface area contributed by atoms with Crippen molar-refractivity contribution in [2.45, 2.75) is 11.6 Å². The van der Waals surface area contributed by atoms with Gasteiger partial charge in [0.05, 0.1) is 12.8 Å². The molecule has 0 aliphatic rings. The Morgan fingerprint density at radius 1 is 1.56 bits per heavy atom. The van der Waals surface area contributed by atoms with Crippen LogP contribution in [0.5, 0.6) is 0 Å². The molecule has 0 aromatic carbocycles. The number of rotatable bonds is 6. The summed E-state index contributed by atoms with van der Waals surface area (Å²) in [6.45, 7) is 0.543. The minimum atomic E-state index is -3.61. The first kappa shape index (κ1) is 13.1. The van der Waals surface area contributed by atoms with Gasteiger partial charge in [0.2, 0.25) is 0 Å². The van der Waals surface area contributed by atoms with Crippen molar-refractivity contribution >= 4 is 10.0 Å². The number of nitrogens with zero attached hydrogens (tertiary/aromatic N) is 2. The topological polar surface area (TPSA) is 98.3 Å². The molecule has 0 aliphatic carbocycles. The summed E-state index contributed by atoms with van der Waals surface area (Å²) in [6, 6.07) is 0. The third-order valence-electron chi connectivity index (χ3n) is 1.97. The van der Waals surface area contributed by atoms with Crippen LogP contribution in [0.3, 0.4) is 0 Å². The Balaban J connectivity index is 2.71. The zero-order chi connectivity index (χ0) is 12.2. The summed E-state index contributed by atoms with van der Waals surface area (Å²) >= 11 is 0. The largest absolute Gasteiger partial charge is 0.392 e. The summed E-state index contributed by atoms with van der Waals surface area (Å²) in [4.78, 5) is 1.86. The molecule has 0 atom stereocenters. The van der Waals surface area contributed by atoms with E-state index in [1.165, 1.54) is 6.20 Å². The highest BCUT2D eigenvalue weighted by atomic mass is 32.2. The lowest BCUT2D eigenvalue weighted by molar-refractivity contribution is 0.278. The summed E-state index contributed by atoms with van der Waals surface area (Å²) in [6.07, 6.45) is 1.29. The quantitative estimate of drug-likeness (QED) is 0.584. The van der Waals surface area contributed by atoms with Crippen LogP contribution in [0.15, 0.2) is 11.2 Å². The molecule has 0 saturated carbocycles. The molecule has 92 valence electrons. The van der Waals surface area contributed by atoms with Crippen molar-refractivity contribution in [1.82, 2.24) is 19.8 Å². The van der Waals surface area contributed by atoms with Crippen LogP contribution in [-0.2, 0) is 16.6 Å². The molecule has 16 heavy (non-hydrogen) atoms. The van der Waals surface area contributed by atoms with Gasteiger partial charge in [-0.05, 0) is 14.1 Å². The van der Waals surface area contributed by atoms with Crippen LogP contribution < -0.4 is 4.72 Å². The second-order valence-corrected chi connectivity index (χ2v) is 5.29. The second-order valence-electron chi connectivity index (χ2n) is 3.58. The van der Waals surface area contributed by atoms with Gasteiger partial charge in [-0.25, -0.2) is 13.1 Å². The highest BCUT2D eigenvalue weighted by Crippen LogP contribution is 2.10. The number of hydrogen-bond acceptors (Lipinski definition) is 5. The normalized spacial score (nSPS) is 12.2. The van der Waals surface area contributed by atoms with Gasteiger partial charge < -0.3 is 10.0 Å². The standard InChI is InChI=1S/C8H16N4O3S/c1-12(2)4-3-10-16(14,15)8-7(6-13)5-9-11-8/h5,10,13H,3-4,6H2,1-2H3,(H,9,11). The van der Waals surface area contributed by atoms with Gasteiger partial charge in [0.25, 0.3) is 10.0 Å². The van der Waals surface area contributed by atoms with Gasteiger partial charge in [-0.3, -0.25) is 5.10 Å². The first-order valence-electron chi connectivity index (χ1n) is 4.75. The molecular weight excluding hydrogens is 232 g/mol. The molecule has 0 spiro atoms. The smallest absolute Gasteiger partial charge is 0.257 e. The molecule has 0 unspecified atom stereocenters. The highest BCUT2D eigenvalue weighted by Gasteiger charge is 2.19. The number of H-pyrrole nitrogens is 1. The second kappa shape index (κ2) is 5.39. The third-order valence-corrected chi connectivity index (χ3v) is 3.44. The van der Waals surface area contributed by atoms with Gasteiger partial charge in [-0.2, -0.15) is 5.10 Å². The maximum absolute atomic E-state index is 11.7. The molecule has 0 fully saturated rings. The van der Waals surface area contributed by atoms with E-state index in [0.29, 0.717) is 13.1 Å². The monoisotopic (exact) mass is 248 g/mol. The molecule has 1 aromatic rings. The fourth-order valence-corrected chi connectivity index (χ4v) is 2.26. The molecule has 3 N–H and O–H groups in total. The van der Waals surface area contributed by atoms with E-state index < -0.39 is 10.0 Å². The minimum Gasteiger partial charge on any atom is -0.392 e. The van der Waals surface area contributed by atoms with Crippen LogP contribution >= 0.6 is 0 Å². The van der Waals surface area contributed by atoms with E-state index >= 15 is 0 Å². The number of likely N-dealkylation sites (N-methyl/N-ethyl adjacent to an activating group) is 1. The molecule has 0 aliphatic heterocycles. The fraction of sp³-hybridized carbons (Fsp3) is 0.625. The molecule has 8 heteroatoms. The predicted molar refractivity (Wildman–Crippen MR) is 58.3 cm³/mol. The Bertz CT molecular complexity index is 426. The van der Waals surface area contributed by atoms with E-state index in [1.807, 2.05) is 19.0 Å². The minimum absolute atomic E-state index is 0.0752. The summed E-state index contributed by atoms with van der Waals surface area (Å²) in [7, 11) is 0.0916. The number of aliphatic hydroxyl groups excluding tert-OH is 1. The van der Waals surface area contributed by atoms with Gasteiger partial charge in [0.15, 0.2) is 5.03 Å². The number of sulfonamides is 1. The van der Waals surface area contributed by atoms with Crippen LogP contribution in [-0.4, -0.2) is 55.8 Å². The van der Waals surface area contributed by atoms with E-state index in [1.54, 1.807) is 0 Å². The maximum atomic E-state index is 11.7. The molecule has 1 aromatic heterocycles. The zero-order valence-electron chi connectivity index (χ0n) is 9.27. The Morgan fingerprint density at radius 2 is 2.25 bits per heavy atom. The molecule has 1 heterocycles. The SMILES string of the molecule is CN(C)CCNS(=O)(=O)c1[nH]ncc1CO. The van der Waals surface area contributed by atoms with Crippen molar-refractivity contribution in [2.75, 3.05) is 27.2 Å². The number of hydrogen-bond donors (Lipinski definition) is 3. The van der Waals surface area contributed by atoms with Crippen molar-refractivity contribution in [3.8, 4) is 0 Å². The number of aliphatic hydroxyl groups is 1. The summed E-state index contributed by atoms with van der Waals surface area (Å²) in [5, 5.41) is 14.8. The molecule has 0 bridgehead atoms. The lowest BCUT2D eigenvalue weighted by Crippen LogP contribution is -2.32. The van der Waals surface area contributed by atoms with E-state index in [4.69, 9.17) is 5.11 Å². The van der Waals surface area contributed by atoms with Gasteiger partial charge in [0.1, 0.15) is 0 Å². The van der Waals surface area contributed by atoms with E-state index in [0.717, 1.165) is 0 Å². The van der Waals surface area contributed by atoms with Crippen LogP contribution in [0.4, 0.5) is 0 Å². The van der Waals surface area contributed by atoms with Crippen molar-refractivity contribution in [3.05, 3.63) is 11.8 Å². The van der Waals surface area contributed by atoms with Gasteiger partial charge >= 0.3 is 0 Å². The van der Waals surface area contributed by atoms with Crippen LogP contribution in [0.2, 0.25) is 0 Å². The predicted octanol–water partition coefficient (Wildman–Crippen LogP) is -1.26. The van der Waals surface area contributed by atoms with E-state index in [9.17, 15) is 8.42 Å². The van der Waals surface area contributed by atoms with Gasteiger partial charge in [0, 0.05) is 18.7 Å².